The third kappa shape index (κ3) is 2.69. The van der Waals surface area contributed by atoms with Gasteiger partial charge >= 0.3 is 6.09 Å². The zero-order valence-electron chi connectivity index (χ0n) is 7.04. The lowest BCUT2D eigenvalue weighted by atomic mass is 10.2. The molecule has 0 aromatic carbocycles. The summed E-state index contributed by atoms with van der Waals surface area (Å²) in [5.74, 6) is 0.356. The average Bonchev–Trinajstić information content (AvgIpc) is 2.03. The number of amides is 1. The molecular weight excluding hydrogens is 236 g/mol. The quantitative estimate of drug-likeness (QED) is 0.786. The van der Waals surface area contributed by atoms with Gasteiger partial charge in [-0.15, -0.1) is 0 Å². The molecule has 1 rings (SSSR count). The second-order valence-corrected chi connectivity index (χ2v) is 3.07. The Morgan fingerprint density at radius 2 is 2.38 bits per heavy atom. The number of hydrogen-bond donors (Lipinski definition) is 2. The van der Waals surface area contributed by atoms with E-state index in [1.54, 1.807) is 6.07 Å². The molecule has 5 heteroatoms. The van der Waals surface area contributed by atoms with Crippen LogP contribution in [0.5, 0.6) is 0 Å². The van der Waals surface area contributed by atoms with Crippen LogP contribution in [0.2, 0.25) is 0 Å². The van der Waals surface area contributed by atoms with E-state index >= 15 is 0 Å². The highest BCUT2D eigenvalue weighted by molar-refractivity contribution is 9.08. The van der Waals surface area contributed by atoms with Crippen molar-refractivity contribution in [3.8, 4) is 0 Å². The maximum atomic E-state index is 10.3. The van der Waals surface area contributed by atoms with Gasteiger partial charge in [-0.2, -0.15) is 0 Å². The number of hydrogen-bond acceptors (Lipinski definition) is 2. The summed E-state index contributed by atoms with van der Waals surface area (Å²) in [7, 11) is 0. The smallest absolute Gasteiger partial charge is 0.410 e. The molecule has 0 aliphatic carbocycles. The van der Waals surface area contributed by atoms with Gasteiger partial charge in [-0.3, -0.25) is 5.32 Å². The number of nitrogens with zero attached hydrogens (tertiary/aromatic N) is 1. The van der Waals surface area contributed by atoms with E-state index in [1.807, 2.05) is 13.0 Å². The number of halogens is 1. The normalized spacial score (nSPS) is 9.69. The van der Waals surface area contributed by atoms with Gasteiger partial charge in [0.15, 0.2) is 0 Å². The molecule has 0 bridgehead atoms. The first-order valence-electron chi connectivity index (χ1n) is 3.66. The number of rotatable bonds is 2. The Bertz CT molecular complexity index is 328. The molecule has 0 saturated carbocycles. The summed E-state index contributed by atoms with van der Waals surface area (Å²) in [5.41, 5.74) is 1.87. The van der Waals surface area contributed by atoms with E-state index in [9.17, 15) is 4.79 Å². The molecule has 0 radical (unpaired) electrons. The van der Waals surface area contributed by atoms with Crippen LogP contribution in [0.3, 0.4) is 0 Å². The number of anilines is 1. The summed E-state index contributed by atoms with van der Waals surface area (Å²) in [4.78, 5) is 14.3. The largest absolute Gasteiger partial charge is 0.465 e. The van der Waals surface area contributed by atoms with Gasteiger partial charge in [-0.1, -0.05) is 22.0 Å². The van der Waals surface area contributed by atoms with Crippen LogP contribution in [0.1, 0.15) is 11.3 Å². The maximum absolute atomic E-state index is 10.3. The number of aromatic nitrogens is 1. The fourth-order valence-corrected chi connectivity index (χ4v) is 1.50. The molecule has 1 aromatic heterocycles. The third-order valence-electron chi connectivity index (χ3n) is 1.57. The second-order valence-electron chi connectivity index (χ2n) is 2.50. The van der Waals surface area contributed by atoms with E-state index in [0.29, 0.717) is 5.82 Å². The minimum atomic E-state index is -1.10. The standard InChI is InChI=1S/C8H9BrN2O2/c1-5-6(4-9)2-3-7(10-5)11-8(12)13/h2-3H,4H2,1H3,(H,10,11)(H,12,13). The Morgan fingerprint density at radius 3 is 2.85 bits per heavy atom. The van der Waals surface area contributed by atoms with E-state index in [-0.39, 0.29) is 0 Å². The van der Waals surface area contributed by atoms with Crippen molar-refractivity contribution < 1.29 is 9.90 Å². The van der Waals surface area contributed by atoms with Gasteiger partial charge in [0.05, 0.1) is 0 Å². The van der Waals surface area contributed by atoms with Gasteiger partial charge in [0.1, 0.15) is 5.82 Å². The summed E-state index contributed by atoms with van der Waals surface area (Å²) < 4.78 is 0. The van der Waals surface area contributed by atoms with Gasteiger partial charge in [0.25, 0.3) is 0 Å². The molecule has 0 spiro atoms. The highest BCUT2D eigenvalue weighted by Gasteiger charge is 2.02. The van der Waals surface area contributed by atoms with Crippen molar-refractivity contribution in [2.75, 3.05) is 5.32 Å². The van der Waals surface area contributed by atoms with Crippen molar-refractivity contribution in [2.45, 2.75) is 12.3 Å². The van der Waals surface area contributed by atoms with Gasteiger partial charge in [0.2, 0.25) is 0 Å². The van der Waals surface area contributed by atoms with E-state index in [1.165, 1.54) is 0 Å². The van der Waals surface area contributed by atoms with E-state index in [2.05, 4.69) is 26.2 Å². The van der Waals surface area contributed by atoms with E-state index in [0.717, 1.165) is 16.6 Å². The number of carboxylic acid groups (broad SMARTS) is 1. The minimum absolute atomic E-state index is 0.356. The van der Waals surface area contributed by atoms with Crippen molar-refractivity contribution in [3.63, 3.8) is 0 Å². The molecule has 4 nitrogen and oxygen atoms in total. The first-order valence-corrected chi connectivity index (χ1v) is 4.78. The number of pyridine rings is 1. The molecular formula is C8H9BrN2O2. The van der Waals surface area contributed by atoms with E-state index < -0.39 is 6.09 Å². The summed E-state index contributed by atoms with van der Waals surface area (Å²) in [6, 6.07) is 3.47. The molecule has 0 aliphatic heterocycles. The number of aryl methyl sites for hydroxylation is 1. The van der Waals surface area contributed by atoms with Crippen LogP contribution < -0.4 is 5.32 Å². The molecule has 0 fully saturated rings. The van der Waals surface area contributed by atoms with Gasteiger partial charge in [-0.05, 0) is 18.6 Å². The lowest BCUT2D eigenvalue weighted by Crippen LogP contribution is -2.09. The maximum Gasteiger partial charge on any atom is 0.410 e. The summed E-state index contributed by atoms with van der Waals surface area (Å²) in [6.07, 6.45) is -1.10. The Kier molecular flexibility index (Phi) is 3.25. The predicted molar refractivity (Wildman–Crippen MR) is 53.3 cm³/mol. The molecule has 2 N–H and O–H groups in total. The first kappa shape index (κ1) is 9.98. The number of carbonyl (C=O) groups is 1. The zero-order chi connectivity index (χ0) is 9.84. The third-order valence-corrected chi connectivity index (χ3v) is 2.18. The second kappa shape index (κ2) is 4.23. The first-order chi connectivity index (χ1) is 6.13. The molecule has 0 atom stereocenters. The highest BCUT2D eigenvalue weighted by atomic mass is 79.9. The van der Waals surface area contributed by atoms with Crippen LogP contribution >= 0.6 is 15.9 Å². The fourth-order valence-electron chi connectivity index (χ4n) is 0.910. The van der Waals surface area contributed by atoms with Gasteiger partial charge in [0, 0.05) is 11.0 Å². The van der Waals surface area contributed by atoms with Crippen molar-refractivity contribution in [2.24, 2.45) is 0 Å². The van der Waals surface area contributed by atoms with Crippen molar-refractivity contribution in [3.05, 3.63) is 23.4 Å². The Labute approximate surface area is 84.1 Å². The van der Waals surface area contributed by atoms with Crippen molar-refractivity contribution in [1.82, 2.24) is 4.98 Å². The number of alkyl halides is 1. The van der Waals surface area contributed by atoms with Crippen LogP contribution in [0.15, 0.2) is 12.1 Å². The number of nitrogens with one attached hydrogen (secondary N) is 1. The predicted octanol–water partition coefficient (Wildman–Crippen LogP) is 2.37. The molecule has 70 valence electrons. The highest BCUT2D eigenvalue weighted by Crippen LogP contribution is 2.13. The average molecular weight is 245 g/mol. The lowest BCUT2D eigenvalue weighted by Gasteiger charge is -2.04. The Balaban J connectivity index is 2.89. The van der Waals surface area contributed by atoms with Crippen molar-refractivity contribution >= 4 is 27.8 Å². The van der Waals surface area contributed by atoms with Crippen LogP contribution in [0.25, 0.3) is 0 Å². The van der Waals surface area contributed by atoms with Crippen LogP contribution in [-0.2, 0) is 5.33 Å². The Hall–Kier alpha value is -1.10. The van der Waals surface area contributed by atoms with E-state index in [4.69, 9.17) is 5.11 Å². The van der Waals surface area contributed by atoms with Gasteiger partial charge in [-0.25, -0.2) is 9.78 Å². The van der Waals surface area contributed by atoms with Gasteiger partial charge < -0.3 is 5.11 Å². The summed E-state index contributed by atoms with van der Waals surface area (Å²) in [6.45, 7) is 1.84. The molecule has 0 saturated heterocycles. The molecule has 13 heavy (non-hydrogen) atoms. The molecule has 0 unspecified atom stereocenters. The molecule has 1 heterocycles. The summed E-state index contributed by atoms with van der Waals surface area (Å²) >= 11 is 3.31. The molecule has 1 amide bonds. The SMILES string of the molecule is Cc1nc(NC(=O)O)ccc1CBr. The van der Waals surface area contributed by atoms with Crippen LogP contribution in [-0.4, -0.2) is 16.2 Å². The minimum Gasteiger partial charge on any atom is -0.465 e. The Morgan fingerprint density at radius 1 is 1.69 bits per heavy atom. The van der Waals surface area contributed by atoms with Crippen molar-refractivity contribution in [1.29, 1.82) is 0 Å². The molecule has 1 aromatic rings. The van der Waals surface area contributed by atoms with Crippen LogP contribution in [0.4, 0.5) is 10.6 Å². The topological polar surface area (TPSA) is 62.2 Å². The zero-order valence-corrected chi connectivity index (χ0v) is 8.63. The lowest BCUT2D eigenvalue weighted by molar-refractivity contribution is 0.209. The van der Waals surface area contributed by atoms with Crippen LogP contribution in [0, 0.1) is 6.92 Å². The summed E-state index contributed by atoms with van der Waals surface area (Å²) in [5, 5.41) is 11.3. The molecule has 0 aliphatic rings. The fraction of sp³-hybridized carbons (Fsp3) is 0.250. The monoisotopic (exact) mass is 244 g/mol.